The van der Waals surface area contributed by atoms with Gasteiger partial charge in [-0.25, -0.2) is 9.97 Å². The summed E-state index contributed by atoms with van der Waals surface area (Å²) in [5.41, 5.74) is 3.37. The Morgan fingerprint density at radius 2 is 1.96 bits per heavy atom. The van der Waals surface area contributed by atoms with E-state index >= 15 is 0 Å². The maximum absolute atomic E-state index is 12.0. The van der Waals surface area contributed by atoms with Crippen molar-refractivity contribution in [1.29, 1.82) is 0 Å². The molecule has 0 unspecified atom stereocenters. The van der Waals surface area contributed by atoms with Crippen LogP contribution in [0.5, 0.6) is 0 Å². The molecule has 2 aromatic rings. The molecule has 0 saturated heterocycles. The SMILES string of the molecule is CCCc1nc(-c2ccc(CO)cc2)cnc1NC(=O)CC(C)C. The van der Waals surface area contributed by atoms with Crippen molar-refractivity contribution in [2.75, 3.05) is 5.32 Å². The van der Waals surface area contributed by atoms with E-state index in [-0.39, 0.29) is 12.5 Å². The molecular weight excluding hydrogens is 302 g/mol. The van der Waals surface area contributed by atoms with Crippen molar-refractivity contribution in [3.8, 4) is 11.3 Å². The monoisotopic (exact) mass is 327 g/mol. The standard InChI is InChI=1S/C19H25N3O2/c1-4-5-16-19(22-18(24)10-13(2)3)20-11-17(21-16)15-8-6-14(12-23)7-9-15/h6-9,11,13,23H,4-5,10,12H2,1-3H3,(H,20,22,24). The van der Waals surface area contributed by atoms with E-state index in [1.807, 2.05) is 38.1 Å². The fourth-order valence-corrected chi connectivity index (χ4v) is 2.42. The molecule has 5 nitrogen and oxygen atoms in total. The van der Waals surface area contributed by atoms with Gasteiger partial charge in [0, 0.05) is 12.0 Å². The highest BCUT2D eigenvalue weighted by Gasteiger charge is 2.12. The fourth-order valence-electron chi connectivity index (χ4n) is 2.42. The number of benzene rings is 1. The van der Waals surface area contributed by atoms with E-state index in [1.165, 1.54) is 0 Å². The van der Waals surface area contributed by atoms with E-state index in [0.717, 1.165) is 35.4 Å². The second kappa shape index (κ2) is 8.55. The van der Waals surface area contributed by atoms with E-state index in [2.05, 4.69) is 22.2 Å². The molecule has 1 amide bonds. The summed E-state index contributed by atoms with van der Waals surface area (Å²) in [7, 11) is 0. The minimum Gasteiger partial charge on any atom is -0.392 e. The van der Waals surface area contributed by atoms with Crippen LogP contribution in [0.4, 0.5) is 5.82 Å². The Bertz CT molecular complexity index is 682. The Hall–Kier alpha value is -2.27. The van der Waals surface area contributed by atoms with Gasteiger partial charge in [-0.05, 0) is 17.9 Å². The third kappa shape index (κ3) is 4.86. The lowest BCUT2D eigenvalue weighted by atomic mass is 10.1. The molecule has 1 aromatic carbocycles. The molecule has 0 radical (unpaired) electrons. The van der Waals surface area contributed by atoms with Crippen LogP contribution in [0, 0.1) is 5.92 Å². The second-order valence-corrected chi connectivity index (χ2v) is 6.30. The molecule has 1 heterocycles. The Labute approximate surface area is 143 Å². The van der Waals surface area contributed by atoms with E-state index in [1.54, 1.807) is 6.20 Å². The van der Waals surface area contributed by atoms with Gasteiger partial charge in [-0.3, -0.25) is 4.79 Å². The lowest BCUT2D eigenvalue weighted by Gasteiger charge is -2.12. The first-order chi connectivity index (χ1) is 11.5. The number of carbonyl (C=O) groups excluding carboxylic acids is 1. The zero-order valence-corrected chi connectivity index (χ0v) is 14.5. The summed E-state index contributed by atoms with van der Waals surface area (Å²) >= 11 is 0. The zero-order valence-electron chi connectivity index (χ0n) is 14.5. The summed E-state index contributed by atoms with van der Waals surface area (Å²) < 4.78 is 0. The summed E-state index contributed by atoms with van der Waals surface area (Å²) in [6.45, 7) is 6.12. The van der Waals surface area contributed by atoms with Gasteiger partial charge in [-0.2, -0.15) is 0 Å². The number of nitrogens with one attached hydrogen (secondary N) is 1. The average Bonchev–Trinajstić information content (AvgIpc) is 2.56. The van der Waals surface area contributed by atoms with E-state index in [4.69, 9.17) is 5.11 Å². The van der Waals surface area contributed by atoms with Gasteiger partial charge in [0.1, 0.15) is 0 Å². The van der Waals surface area contributed by atoms with Gasteiger partial charge >= 0.3 is 0 Å². The van der Waals surface area contributed by atoms with Crippen LogP contribution < -0.4 is 5.32 Å². The third-order valence-electron chi connectivity index (χ3n) is 3.62. The van der Waals surface area contributed by atoms with E-state index in [0.29, 0.717) is 18.2 Å². The van der Waals surface area contributed by atoms with Crippen LogP contribution in [0.2, 0.25) is 0 Å². The number of hydrogen-bond donors (Lipinski definition) is 2. The Morgan fingerprint density at radius 1 is 1.25 bits per heavy atom. The van der Waals surface area contributed by atoms with Crippen molar-refractivity contribution in [1.82, 2.24) is 9.97 Å². The number of aliphatic hydroxyl groups excluding tert-OH is 1. The molecule has 24 heavy (non-hydrogen) atoms. The molecule has 0 aliphatic carbocycles. The van der Waals surface area contributed by atoms with Crippen LogP contribution in [0.15, 0.2) is 30.5 Å². The van der Waals surface area contributed by atoms with Crippen LogP contribution in [0.1, 0.15) is 44.9 Å². The number of rotatable bonds is 7. The Kier molecular flexibility index (Phi) is 6.44. The summed E-state index contributed by atoms with van der Waals surface area (Å²) in [5.74, 6) is 0.826. The summed E-state index contributed by atoms with van der Waals surface area (Å²) in [6, 6.07) is 7.58. The summed E-state index contributed by atoms with van der Waals surface area (Å²) in [4.78, 5) is 21.1. The average molecular weight is 327 g/mol. The predicted octanol–water partition coefficient (Wildman–Crippen LogP) is 3.57. The summed E-state index contributed by atoms with van der Waals surface area (Å²) in [5, 5.41) is 12.0. The first-order valence-corrected chi connectivity index (χ1v) is 8.39. The zero-order chi connectivity index (χ0) is 17.5. The molecule has 2 rings (SSSR count). The van der Waals surface area contributed by atoms with Crippen molar-refractivity contribution in [2.24, 2.45) is 5.92 Å². The van der Waals surface area contributed by atoms with Crippen molar-refractivity contribution in [3.63, 3.8) is 0 Å². The van der Waals surface area contributed by atoms with Gasteiger partial charge in [0.2, 0.25) is 5.91 Å². The van der Waals surface area contributed by atoms with E-state index in [9.17, 15) is 4.79 Å². The predicted molar refractivity (Wildman–Crippen MR) is 95.5 cm³/mol. The third-order valence-corrected chi connectivity index (χ3v) is 3.62. The number of aliphatic hydroxyl groups is 1. The van der Waals surface area contributed by atoms with Crippen LogP contribution in [0.25, 0.3) is 11.3 Å². The molecule has 0 atom stereocenters. The number of aryl methyl sites for hydroxylation is 1. The van der Waals surface area contributed by atoms with Gasteiger partial charge in [0.15, 0.2) is 5.82 Å². The number of anilines is 1. The van der Waals surface area contributed by atoms with Crippen molar-refractivity contribution in [2.45, 2.75) is 46.6 Å². The van der Waals surface area contributed by atoms with Crippen LogP contribution >= 0.6 is 0 Å². The molecule has 0 fully saturated rings. The van der Waals surface area contributed by atoms with Crippen LogP contribution in [-0.4, -0.2) is 21.0 Å². The lowest BCUT2D eigenvalue weighted by Crippen LogP contribution is -2.17. The molecule has 0 aliphatic rings. The molecule has 1 aromatic heterocycles. The molecule has 5 heteroatoms. The second-order valence-electron chi connectivity index (χ2n) is 6.30. The molecule has 0 bridgehead atoms. The molecular formula is C19H25N3O2. The van der Waals surface area contributed by atoms with Crippen molar-refractivity contribution >= 4 is 11.7 Å². The quantitative estimate of drug-likeness (QED) is 0.815. The number of amides is 1. The Morgan fingerprint density at radius 3 is 2.54 bits per heavy atom. The van der Waals surface area contributed by atoms with Crippen LogP contribution in [0.3, 0.4) is 0 Å². The van der Waals surface area contributed by atoms with Gasteiger partial charge < -0.3 is 10.4 Å². The van der Waals surface area contributed by atoms with Gasteiger partial charge in [0.05, 0.1) is 24.2 Å². The maximum atomic E-state index is 12.0. The normalized spacial score (nSPS) is 10.9. The maximum Gasteiger partial charge on any atom is 0.225 e. The topological polar surface area (TPSA) is 75.1 Å². The van der Waals surface area contributed by atoms with Gasteiger partial charge in [-0.1, -0.05) is 51.5 Å². The number of aromatic nitrogens is 2. The van der Waals surface area contributed by atoms with E-state index < -0.39 is 0 Å². The number of nitrogens with zero attached hydrogens (tertiary/aromatic N) is 2. The highest BCUT2D eigenvalue weighted by Crippen LogP contribution is 2.21. The molecule has 0 aliphatic heterocycles. The minimum atomic E-state index is -0.0308. The lowest BCUT2D eigenvalue weighted by molar-refractivity contribution is -0.116. The number of carbonyl (C=O) groups is 1. The van der Waals surface area contributed by atoms with Crippen molar-refractivity contribution in [3.05, 3.63) is 41.7 Å². The highest BCUT2D eigenvalue weighted by atomic mass is 16.3. The highest BCUT2D eigenvalue weighted by molar-refractivity contribution is 5.90. The first-order valence-electron chi connectivity index (χ1n) is 8.39. The molecule has 0 saturated carbocycles. The van der Waals surface area contributed by atoms with Crippen molar-refractivity contribution < 1.29 is 9.90 Å². The Balaban J connectivity index is 2.26. The minimum absolute atomic E-state index is 0.0217. The first kappa shape index (κ1) is 18.1. The fraction of sp³-hybridized carbons (Fsp3) is 0.421. The molecule has 0 spiro atoms. The van der Waals surface area contributed by atoms with Gasteiger partial charge in [0.25, 0.3) is 0 Å². The van der Waals surface area contributed by atoms with Gasteiger partial charge in [-0.15, -0.1) is 0 Å². The number of hydrogen-bond acceptors (Lipinski definition) is 4. The molecule has 128 valence electrons. The largest absolute Gasteiger partial charge is 0.392 e. The molecule has 2 N–H and O–H groups in total. The smallest absolute Gasteiger partial charge is 0.225 e. The summed E-state index contributed by atoms with van der Waals surface area (Å²) in [6.07, 6.45) is 3.83. The van der Waals surface area contributed by atoms with Crippen LogP contribution in [-0.2, 0) is 17.8 Å².